The zero-order valence-electron chi connectivity index (χ0n) is 19.5. The number of ether oxygens (including phenoxy) is 1. The van der Waals surface area contributed by atoms with Crippen molar-refractivity contribution in [1.29, 1.82) is 0 Å². The number of imide groups is 1. The first-order valence-electron chi connectivity index (χ1n) is 12.3. The summed E-state index contributed by atoms with van der Waals surface area (Å²) in [5.41, 5.74) is 2.16. The Kier molecular flexibility index (Phi) is 4.80. The van der Waals surface area contributed by atoms with Gasteiger partial charge in [-0.25, -0.2) is 0 Å². The van der Waals surface area contributed by atoms with Gasteiger partial charge >= 0.3 is 5.97 Å². The van der Waals surface area contributed by atoms with Crippen LogP contribution in [0.25, 0.3) is 0 Å². The third-order valence-electron chi connectivity index (χ3n) is 8.60. The van der Waals surface area contributed by atoms with Crippen LogP contribution in [-0.2, 0) is 19.8 Å². The summed E-state index contributed by atoms with van der Waals surface area (Å²) >= 11 is 0. The first-order valence-corrected chi connectivity index (χ1v) is 12.3. The number of esters is 1. The van der Waals surface area contributed by atoms with E-state index in [-0.39, 0.29) is 53.9 Å². The van der Waals surface area contributed by atoms with Crippen molar-refractivity contribution in [3.63, 3.8) is 0 Å². The van der Waals surface area contributed by atoms with Gasteiger partial charge in [-0.3, -0.25) is 19.3 Å². The quantitative estimate of drug-likeness (QED) is 0.281. The fourth-order valence-electron chi connectivity index (χ4n) is 6.59. The summed E-state index contributed by atoms with van der Waals surface area (Å²) in [7, 11) is 0. The minimum absolute atomic E-state index is 0.00377. The molecule has 2 bridgehead atoms. The van der Waals surface area contributed by atoms with Crippen molar-refractivity contribution in [2.75, 3.05) is 6.54 Å². The fraction of sp³-hybridized carbons (Fsp3) is 0.414. The van der Waals surface area contributed by atoms with E-state index >= 15 is 0 Å². The number of allylic oxidation sites excluding steroid dienone is 2. The Morgan fingerprint density at radius 3 is 2.03 bits per heavy atom. The van der Waals surface area contributed by atoms with Gasteiger partial charge in [-0.2, -0.15) is 0 Å². The van der Waals surface area contributed by atoms with E-state index in [1.807, 2.05) is 30.3 Å². The van der Waals surface area contributed by atoms with Crippen molar-refractivity contribution in [3.05, 3.63) is 77.9 Å². The summed E-state index contributed by atoms with van der Waals surface area (Å²) in [5.74, 6) is 0.951. The number of amides is 2. The molecule has 5 nitrogen and oxygen atoms in total. The van der Waals surface area contributed by atoms with Crippen LogP contribution >= 0.6 is 0 Å². The number of hydrogen-bond acceptors (Lipinski definition) is 4. The number of rotatable bonds is 6. The molecule has 2 aromatic rings. The van der Waals surface area contributed by atoms with Gasteiger partial charge in [0.05, 0.1) is 18.3 Å². The molecule has 0 spiro atoms. The van der Waals surface area contributed by atoms with Gasteiger partial charge in [-0.05, 0) is 53.4 Å². The molecule has 0 unspecified atom stereocenters. The highest BCUT2D eigenvalue weighted by Gasteiger charge is 2.66. The van der Waals surface area contributed by atoms with E-state index in [1.54, 1.807) is 12.1 Å². The molecule has 2 amide bonds. The van der Waals surface area contributed by atoms with Gasteiger partial charge in [0.25, 0.3) is 0 Å². The number of hydrogen-bond donors (Lipinski definition) is 0. The highest BCUT2D eigenvalue weighted by atomic mass is 16.5. The summed E-state index contributed by atoms with van der Waals surface area (Å²) in [4.78, 5) is 39.9. The van der Waals surface area contributed by atoms with Crippen LogP contribution in [0.15, 0.2) is 66.7 Å². The summed E-state index contributed by atoms with van der Waals surface area (Å²) in [5, 5.41) is 0. The van der Waals surface area contributed by atoms with Crippen molar-refractivity contribution in [2.24, 2.45) is 35.5 Å². The molecule has 174 valence electrons. The molecule has 34 heavy (non-hydrogen) atoms. The third-order valence-corrected chi connectivity index (χ3v) is 8.60. The SMILES string of the molecule is CC(C)(c1ccccc1)c1ccc(OC(=O)CCN2C(=O)[C@@H]3[C@@H]4C=C[C@H]([C@@H]5C[C@H]45)[C@H]3C2=O)cc1. The second-order valence-electron chi connectivity index (χ2n) is 10.7. The normalized spacial score (nSPS) is 30.8. The molecule has 1 saturated heterocycles. The van der Waals surface area contributed by atoms with E-state index < -0.39 is 5.97 Å². The smallest absolute Gasteiger partial charge is 0.312 e. The lowest BCUT2D eigenvalue weighted by Gasteiger charge is -2.37. The van der Waals surface area contributed by atoms with Gasteiger partial charge in [0, 0.05) is 12.0 Å². The maximum atomic E-state index is 13.0. The minimum atomic E-state index is -0.436. The summed E-state index contributed by atoms with van der Waals surface area (Å²) in [6.45, 7) is 4.42. The largest absolute Gasteiger partial charge is 0.426 e. The average Bonchev–Trinajstić information content (AvgIpc) is 3.63. The number of benzene rings is 2. The molecular weight excluding hydrogens is 426 g/mol. The fourth-order valence-corrected chi connectivity index (χ4v) is 6.59. The Hall–Kier alpha value is -3.21. The van der Waals surface area contributed by atoms with E-state index in [4.69, 9.17) is 4.74 Å². The first-order chi connectivity index (χ1) is 16.4. The van der Waals surface area contributed by atoms with E-state index in [0.717, 1.165) is 12.0 Å². The number of carbonyl (C=O) groups excluding carboxylic acids is 3. The Morgan fingerprint density at radius 1 is 0.882 bits per heavy atom. The van der Waals surface area contributed by atoms with Gasteiger partial charge in [0.2, 0.25) is 11.8 Å². The molecule has 4 aliphatic carbocycles. The van der Waals surface area contributed by atoms with E-state index in [2.05, 4.69) is 38.1 Å². The summed E-state index contributed by atoms with van der Waals surface area (Å²) < 4.78 is 5.51. The second-order valence-corrected chi connectivity index (χ2v) is 10.7. The Bertz CT molecular complexity index is 1150. The maximum Gasteiger partial charge on any atom is 0.312 e. The standard InChI is InChI=1S/C29H29NO4/c1-29(2,17-6-4-3-5-7-17)18-8-10-19(11-9-18)34-24(31)14-15-30-27(32)25-20-12-13-21(23-16-22(20)23)26(25)28(30)33/h3-13,20-23,25-26H,14-16H2,1-2H3/t20-,21-,22-,23+,25-,26-/m1/s1. The molecule has 6 atom stereocenters. The molecule has 3 fully saturated rings. The van der Waals surface area contributed by atoms with Gasteiger partial charge in [-0.1, -0.05) is 68.5 Å². The van der Waals surface area contributed by atoms with Crippen LogP contribution in [0, 0.1) is 35.5 Å². The third kappa shape index (κ3) is 3.24. The van der Waals surface area contributed by atoms with Crippen LogP contribution in [0.1, 0.15) is 37.8 Å². The Morgan fingerprint density at radius 2 is 1.44 bits per heavy atom. The number of carbonyl (C=O) groups is 3. The molecule has 0 aromatic heterocycles. The maximum absolute atomic E-state index is 13.0. The van der Waals surface area contributed by atoms with Gasteiger partial charge in [0.1, 0.15) is 5.75 Å². The van der Waals surface area contributed by atoms with Gasteiger partial charge < -0.3 is 4.74 Å². The lowest BCUT2D eigenvalue weighted by Crippen LogP contribution is -2.40. The van der Waals surface area contributed by atoms with Crippen LogP contribution in [0.3, 0.4) is 0 Å². The lowest BCUT2D eigenvalue weighted by atomic mass is 9.63. The zero-order valence-corrected chi connectivity index (χ0v) is 19.5. The summed E-state index contributed by atoms with van der Waals surface area (Å²) in [6.07, 6.45) is 5.46. The molecule has 0 N–H and O–H groups in total. The van der Waals surface area contributed by atoms with Crippen LogP contribution in [-0.4, -0.2) is 29.2 Å². The van der Waals surface area contributed by atoms with Crippen LogP contribution in [0.2, 0.25) is 0 Å². The number of likely N-dealkylation sites (tertiary alicyclic amines) is 1. The number of nitrogens with zero attached hydrogens (tertiary/aromatic N) is 1. The van der Waals surface area contributed by atoms with E-state index in [9.17, 15) is 14.4 Å². The molecule has 5 aliphatic rings. The molecule has 2 aromatic carbocycles. The van der Waals surface area contributed by atoms with Crippen molar-refractivity contribution >= 4 is 17.8 Å². The predicted octanol–water partition coefficient (Wildman–Crippen LogP) is 4.36. The lowest BCUT2D eigenvalue weighted by molar-refractivity contribution is -0.141. The molecule has 7 rings (SSSR count). The molecule has 1 heterocycles. The van der Waals surface area contributed by atoms with Crippen LogP contribution in [0.5, 0.6) is 5.75 Å². The molecule has 0 radical (unpaired) electrons. The average molecular weight is 456 g/mol. The molecule has 2 saturated carbocycles. The van der Waals surface area contributed by atoms with Crippen molar-refractivity contribution in [3.8, 4) is 5.75 Å². The monoisotopic (exact) mass is 455 g/mol. The van der Waals surface area contributed by atoms with Crippen molar-refractivity contribution < 1.29 is 19.1 Å². The minimum Gasteiger partial charge on any atom is -0.426 e. The molecule has 5 heteroatoms. The predicted molar refractivity (Wildman–Crippen MR) is 127 cm³/mol. The van der Waals surface area contributed by atoms with Gasteiger partial charge in [0.15, 0.2) is 0 Å². The molecular formula is C29H29NO4. The van der Waals surface area contributed by atoms with Crippen LogP contribution in [0.4, 0.5) is 0 Å². The zero-order chi connectivity index (χ0) is 23.6. The highest BCUT2D eigenvalue weighted by molar-refractivity contribution is 6.06. The summed E-state index contributed by atoms with van der Waals surface area (Å²) in [6, 6.07) is 17.8. The van der Waals surface area contributed by atoms with E-state index in [0.29, 0.717) is 17.6 Å². The first kappa shape index (κ1) is 21.3. The Labute approximate surface area is 199 Å². The van der Waals surface area contributed by atoms with Crippen LogP contribution < -0.4 is 4.74 Å². The van der Waals surface area contributed by atoms with E-state index in [1.165, 1.54) is 10.5 Å². The highest BCUT2D eigenvalue weighted by Crippen LogP contribution is 2.65. The second kappa shape index (κ2) is 7.66. The van der Waals surface area contributed by atoms with Crippen molar-refractivity contribution in [1.82, 2.24) is 4.90 Å². The molecule has 1 aliphatic heterocycles. The van der Waals surface area contributed by atoms with Gasteiger partial charge in [-0.15, -0.1) is 0 Å². The topological polar surface area (TPSA) is 63.7 Å². The Balaban J connectivity index is 1.07. The van der Waals surface area contributed by atoms with Crippen molar-refractivity contribution in [2.45, 2.75) is 32.1 Å².